The largest absolute Gasteiger partial charge is 0.373 e. The van der Waals surface area contributed by atoms with Gasteiger partial charge in [0.2, 0.25) is 6.41 Å². The lowest BCUT2D eigenvalue weighted by atomic mass is 9.89. The molecular formula is C21H20FNO4. The number of carbonyl (C=O) groups is 2. The minimum Gasteiger partial charge on any atom is -0.326 e. The van der Waals surface area contributed by atoms with Crippen LogP contribution in [0.3, 0.4) is 0 Å². The molecule has 1 amide bonds. The van der Waals surface area contributed by atoms with Crippen LogP contribution in [-0.4, -0.2) is 18.3 Å². The topological polar surface area (TPSA) is 80.3 Å². The predicted octanol–water partition coefficient (Wildman–Crippen LogP) is 4.10. The number of Topliss-reactive ketones (excluding diaryl/α,β-unsaturated/α-hetero) is 1. The van der Waals surface area contributed by atoms with Crippen LogP contribution in [0, 0.1) is 17.7 Å². The number of halogens is 1. The van der Waals surface area contributed by atoms with E-state index >= 15 is 0 Å². The van der Waals surface area contributed by atoms with Crippen molar-refractivity contribution in [1.29, 1.82) is 0 Å². The summed E-state index contributed by atoms with van der Waals surface area (Å²) in [4.78, 5) is 39.2. The number of carbonyl (C=O) groups excluding carboxylic acids is 4. The van der Waals surface area contributed by atoms with E-state index in [0.29, 0.717) is 17.9 Å². The summed E-state index contributed by atoms with van der Waals surface area (Å²) in [5, 5.41) is 2.31. The first-order valence-electron chi connectivity index (χ1n) is 8.65. The number of benzene rings is 2. The summed E-state index contributed by atoms with van der Waals surface area (Å²) in [5.41, 5.74) is 2.41. The van der Waals surface area contributed by atoms with E-state index in [1.165, 1.54) is 12.1 Å². The highest BCUT2D eigenvalue weighted by Crippen LogP contribution is 2.34. The normalized spacial score (nSPS) is 18.0. The maximum atomic E-state index is 13.9. The zero-order chi connectivity index (χ0) is 19.8. The molecule has 0 bridgehead atoms. The van der Waals surface area contributed by atoms with Gasteiger partial charge in [-0.05, 0) is 42.0 Å². The summed E-state index contributed by atoms with van der Waals surface area (Å²) < 4.78 is 13.9. The van der Waals surface area contributed by atoms with Gasteiger partial charge >= 0.3 is 6.15 Å². The standard InChI is InChI=1S/C20H20FNO2.CO2/c1-13-3-2-4-17(13)20(24)15-7-5-14(6-8-15)16-9-10-19(22-12-23)18(21)11-16;2-1-3/h5-13,17H,2-4H2,1H3,(H,22,23);/t13-,17-;/m1./s1. The van der Waals surface area contributed by atoms with E-state index < -0.39 is 5.82 Å². The van der Waals surface area contributed by atoms with Crippen LogP contribution in [0.5, 0.6) is 0 Å². The molecule has 0 saturated heterocycles. The van der Waals surface area contributed by atoms with E-state index in [1.54, 1.807) is 6.07 Å². The molecule has 0 spiro atoms. The molecule has 1 saturated carbocycles. The molecule has 1 fully saturated rings. The van der Waals surface area contributed by atoms with Gasteiger partial charge in [-0.25, -0.2) is 4.39 Å². The fourth-order valence-electron chi connectivity index (χ4n) is 3.45. The Balaban J connectivity index is 0.000000817. The average Bonchev–Trinajstić information content (AvgIpc) is 3.10. The van der Waals surface area contributed by atoms with Crippen LogP contribution in [0.4, 0.5) is 10.1 Å². The van der Waals surface area contributed by atoms with Crippen molar-refractivity contribution in [3.8, 4) is 11.1 Å². The Morgan fingerprint density at radius 2 is 1.74 bits per heavy atom. The Morgan fingerprint density at radius 3 is 2.26 bits per heavy atom. The minimum atomic E-state index is -0.487. The zero-order valence-electron chi connectivity index (χ0n) is 14.9. The van der Waals surface area contributed by atoms with Gasteiger partial charge < -0.3 is 5.32 Å². The first-order valence-corrected chi connectivity index (χ1v) is 8.65. The van der Waals surface area contributed by atoms with E-state index in [4.69, 9.17) is 9.59 Å². The number of hydrogen-bond donors (Lipinski definition) is 1. The number of nitrogens with one attached hydrogen (secondary N) is 1. The molecule has 6 heteroatoms. The van der Waals surface area contributed by atoms with Crippen molar-refractivity contribution >= 4 is 24.0 Å². The Kier molecular flexibility index (Phi) is 7.15. The van der Waals surface area contributed by atoms with Crippen LogP contribution in [0.15, 0.2) is 42.5 Å². The van der Waals surface area contributed by atoms with E-state index in [1.807, 2.05) is 24.3 Å². The van der Waals surface area contributed by atoms with Gasteiger partial charge in [-0.1, -0.05) is 43.7 Å². The Hall–Kier alpha value is -3.11. The molecule has 0 unspecified atom stereocenters. The molecule has 1 aliphatic rings. The van der Waals surface area contributed by atoms with Crippen molar-refractivity contribution in [1.82, 2.24) is 0 Å². The van der Waals surface area contributed by atoms with Crippen molar-refractivity contribution in [2.24, 2.45) is 11.8 Å². The summed E-state index contributed by atoms with van der Waals surface area (Å²) in [6.07, 6.45) is 3.91. The minimum absolute atomic E-state index is 0.127. The maximum absolute atomic E-state index is 13.9. The molecule has 2 aromatic rings. The first kappa shape index (κ1) is 20.2. The highest BCUT2D eigenvalue weighted by molar-refractivity contribution is 5.98. The second kappa shape index (κ2) is 9.55. The van der Waals surface area contributed by atoms with Crippen LogP contribution in [0.2, 0.25) is 0 Å². The summed E-state index contributed by atoms with van der Waals surface area (Å²) >= 11 is 0. The Bertz CT molecular complexity index is 842. The third-order valence-corrected chi connectivity index (χ3v) is 4.88. The summed E-state index contributed by atoms with van der Waals surface area (Å²) in [6, 6.07) is 12.0. The Labute approximate surface area is 156 Å². The quantitative estimate of drug-likeness (QED) is 0.636. The van der Waals surface area contributed by atoms with Gasteiger partial charge in [0.1, 0.15) is 5.82 Å². The Morgan fingerprint density at radius 1 is 1.11 bits per heavy atom. The molecule has 2 aromatic carbocycles. The fourth-order valence-corrected chi connectivity index (χ4v) is 3.45. The van der Waals surface area contributed by atoms with Crippen molar-refractivity contribution in [2.45, 2.75) is 26.2 Å². The van der Waals surface area contributed by atoms with E-state index in [0.717, 1.165) is 30.4 Å². The SMILES string of the molecule is C[C@@H]1CCC[C@H]1C(=O)c1ccc(-c2ccc(NC=O)c(F)c2)cc1.O=C=O. The predicted molar refractivity (Wildman–Crippen MR) is 97.4 cm³/mol. The van der Waals surface area contributed by atoms with Gasteiger partial charge in [0.05, 0.1) is 5.69 Å². The van der Waals surface area contributed by atoms with Crippen molar-refractivity contribution in [2.75, 3.05) is 5.32 Å². The molecule has 0 aromatic heterocycles. The molecule has 2 atom stereocenters. The summed E-state index contributed by atoms with van der Waals surface area (Å²) in [7, 11) is 0. The lowest BCUT2D eigenvalue weighted by molar-refractivity contribution is -0.191. The van der Waals surface area contributed by atoms with Gasteiger partial charge in [0.25, 0.3) is 0 Å². The smallest absolute Gasteiger partial charge is 0.326 e. The molecule has 0 radical (unpaired) electrons. The zero-order valence-corrected chi connectivity index (χ0v) is 14.9. The van der Waals surface area contributed by atoms with Crippen molar-refractivity contribution in [3.63, 3.8) is 0 Å². The summed E-state index contributed by atoms with van der Waals surface area (Å²) in [6.45, 7) is 2.14. The maximum Gasteiger partial charge on any atom is 0.373 e. The monoisotopic (exact) mass is 369 g/mol. The lowest BCUT2D eigenvalue weighted by Gasteiger charge is -2.14. The molecule has 0 heterocycles. The van der Waals surface area contributed by atoms with Crippen LogP contribution < -0.4 is 5.32 Å². The van der Waals surface area contributed by atoms with E-state index in [9.17, 15) is 14.0 Å². The van der Waals surface area contributed by atoms with E-state index in [2.05, 4.69) is 12.2 Å². The highest BCUT2D eigenvalue weighted by atomic mass is 19.1. The van der Waals surface area contributed by atoms with E-state index in [-0.39, 0.29) is 23.5 Å². The fraction of sp³-hybridized carbons (Fsp3) is 0.286. The van der Waals surface area contributed by atoms with Crippen LogP contribution in [-0.2, 0) is 14.4 Å². The first-order chi connectivity index (χ1) is 13.0. The molecule has 1 aliphatic carbocycles. The second-order valence-electron chi connectivity index (χ2n) is 6.50. The van der Waals surface area contributed by atoms with Gasteiger partial charge in [-0.3, -0.25) is 9.59 Å². The molecule has 1 N–H and O–H groups in total. The van der Waals surface area contributed by atoms with Gasteiger partial charge in [-0.2, -0.15) is 9.59 Å². The van der Waals surface area contributed by atoms with Gasteiger partial charge in [-0.15, -0.1) is 0 Å². The van der Waals surface area contributed by atoms with Crippen molar-refractivity contribution < 1.29 is 23.6 Å². The second-order valence-corrected chi connectivity index (χ2v) is 6.50. The van der Waals surface area contributed by atoms with Crippen LogP contribution in [0.25, 0.3) is 11.1 Å². The lowest BCUT2D eigenvalue weighted by Crippen LogP contribution is -2.17. The third-order valence-electron chi connectivity index (χ3n) is 4.88. The van der Waals surface area contributed by atoms with Crippen LogP contribution >= 0.6 is 0 Å². The molecule has 27 heavy (non-hydrogen) atoms. The van der Waals surface area contributed by atoms with Gasteiger partial charge in [0, 0.05) is 11.5 Å². The highest BCUT2D eigenvalue weighted by Gasteiger charge is 2.30. The average molecular weight is 369 g/mol. The molecule has 140 valence electrons. The third kappa shape index (κ3) is 4.96. The van der Waals surface area contributed by atoms with Crippen LogP contribution in [0.1, 0.15) is 36.5 Å². The molecule has 5 nitrogen and oxygen atoms in total. The molecule has 3 rings (SSSR count). The number of anilines is 1. The number of hydrogen-bond acceptors (Lipinski definition) is 4. The molecular weight excluding hydrogens is 349 g/mol. The van der Waals surface area contributed by atoms with Crippen molar-refractivity contribution in [3.05, 3.63) is 53.8 Å². The number of ketones is 1. The summed E-state index contributed by atoms with van der Waals surface area (Å²) in [5.74, 6) is 0.300. The number of amides is 1. The molecule has 0 aliphatic heterocycles. The number of rotatable bonds is 5. The van der Waals surface area contributed by atoms with Gasteiger partial charge in [0.15, 0.2) is 5.78 Å².